The summed E-state index contributed by atoms with van der Waals surface area (Å²) in [7, 11) is 0. The van der Waals surface area contributed by atoms with Crippen LogP contribution in [0.1, 0.15) is 12.5 Å². The maximum absolute atomic E-state index is 3.46. The van der Waals surface area contributed by atoms with Crippen molar-refractivity contribution in [2.24, 2.45) is 0 Å². The summed E-state index contributed by atoms with van der Waals surface area (Å²) in [5.74, 6) is 0. The lowest BCUT2D eigenvalue weighted by Gasteiger charge is -1.94. The predicted octanol–water partition coefficient (Wildman–Crippen LogP) is 4.46. The van der Waals surface area contributed by atoms with Crippen LogP contribution < -0.4 is 0 Å². The van der Waals surface area contributed by atoms with E-state index in [4.69, 9.17) is 0 Å². The lowest BCUT2D eigenvalue weighted by atomic mass is 10.1. The number of fused-ring (bicyclic) bond motifs is 1. The Hall–Kier alpha value is -1.54. The van der Waals surface area contributed by atoms with E-state index in [1.165, 1.54) is 27.0 Å². The molecule has 2 heteroatoms. The average molecular weight is 227 g/mol. The standard InChI is InChI=1S/C14H13NS/c1-2-10-5-6-12-11(8-10)9-13(15-12)14-4-3-7-16-14/h3-9,15H,2H2,1H3. The van der Waals surface area contributed by atoms with Crippen molar-refractivity contribution >= 4 is 22.2 Å². The Labute approximate surface area is 98.7 Å². The number of aryl methyl sites for hydroxylation is 1. The zero-order valence-corrected chi connectivity index (χ0v) is 9.97. The third-order valence-corrected chi connectivity index (χ3v) is 3.78. The molecule has 0 spiro atoms. The van der Waals surface area contributed by atoms with Crippen LogP contribution in [0.4, 0.5) is 0 Å². The van der Waals surface area contributed by atoms with Gasteiger partial charge in [-0.25, -0.2) is 0 Å². The van der Waals surface area contributed by atoms with Crippen molar-refractivity contribution in [3.63, 3.8) is 0 Å². The fourth-order valence-corrected chi connectivity index (χ4v) is 2.66. The van der Waals surface area contributed by atoms with Crippen molar-refractivity contribution in [3.8, 4) is 10.6 Å². The van der Waals surface area contributed by atoms with Crippen molar-refractivity contribution in [2.75, 3.05) is 0 Å². The first kappa shape index (κ1) is 9.67. The second kappa shape index (κ2) is 3.80. The van der Waals surface area contributed by atoms with E-state index in [2.05, 4.69) is 53.7 Å². The molecule has 2 heterocycles. The third kappa shape index (κ3) is 1.55. The van der Waals surface area contributed by atoms with E-state index in [9.17, 15) is 0 Å². The van der Waals surface area contributed by atoms with Crippen LogP contribution in [-0.4, -0.2) is 4.98 Å². The molecule has 16 heavy (non-hydrogen) atoms. The van der Waals surface area contributed by atoms with Crippen molar-refractivity contribution < 1.29 is 0 Å². The highest BCUT2D eigenvalue weighted by molar-refractivity contribution is 7.13. The lowest BCUT2D eigenvalue weighted by molar-refractivity contribution is 1.15. The van der Waals surface area contributed by atoms with E-state index in [-0.39, 0.29) is 0 Å². The Kier molecular flexibility index (Phi) is 2.29. The van der Waals surface area contributed by atoms with Crippen LogP contribution in [0.3, 0.4) is 0 Å². The second-order valence-corrected chi connectivity index (χ2v) is 4.88. The van der Waals surface area contributed by atoms with Crippen LogP contribution in [0.2, 0.25) is 0 Å². The molecular weight excluding hydrogens is 214 g/mol. The number of rotatable bonds is 2. The minimum Gasteiger partial charge on any atom is -0.354 e. The summed E-state index contributed by atoms with van der Waals surface area (Å²) in [6, 6.07) is 13.1. The van der Waals surface area contributed by atoms with Crippen LogP contribution in [0, 0.1) is 0 Å². The van der Waals surface area contributed by atoms with Crippen LogP contribution in [-0.2, 0) is 6.42 Å². The van der Waals surface area contributed by atoms with Crippen molar-refractivity contribution in [1.29, 1.82) is 0 Å². The van der Waals surface area contributed by atoms with E-state index >= 15 is 0 Å². The smallest absolute Gasteiger partial charge is 0.0566 e. The summed E-state index contributed by atoms with van der Waals surface area (Å²) in [4.78, 5) is 4.76. The maximum Gasteiger partial charge on any atom is 0.0566 e. The first-order valence-corrected chi connectivity index (χ1v) is 6.40. The van der Waals surface area contributed by atoms with Gasteiger partial charge >= 0.3 is 0 Å². The van der Waals surface area contributed by atoms with E-state index < -0.39 is 0 Å². The van der Waals surface area contributed by atoms with Gasteiger partial charge in [0.25, 0.3) is 0 Å². The van der Waals surface area contributed by atoms with Crippen LogP contribution in [0.5, 0.6) is 0 Å². The number of hydrogen-bond acceptors (Lipinski definition) is 1. The Bertz CT molecular complexity index is 605. The fraction of sp³-hybridized carbons (Fsp3) is 0.143. The first-order valence-electron chi connectivity index (χ1n) is 5.52. The van der Waals surface area contributed by atoms with Crippen molar-refractivity contribution in [2.45, 2.75) is 13.3 Å². The molecule has 2 aromatic heterocycles. The minimum absolute atomic E-state index is 1.09. The molecule has 1 nitrogen and oxygen atoms in total. The molecule has 0 atom stereocenters. The summed E-state index contributed by atoms with van der Waals surface area (Å²) in [6.45, 7) is 2.19. The summed E-state index contributed by atoms with van der Waals surface area (Å²) in [5, 5.41) is 3.42. The molecule has 0 aliphatic carbocycles. The number of nitrogens with one attached hydrogen (secondary N) is 1. The maximum atomic E-state index is 3.46. The molecule has 0 radical (unpaired) electrons. The van der Waals surface area contributed by atoms with E-state index in [0.29, 0.717) is 0 Å². The van der Waals surface area contributed by atoms with Crippen molar-refractivity contribution in [1.82, 2.24) is 4.98 Å². The number of benzene rings is 1. The molecule has 0 saturated heterocycles. The van der Waals surface area contributed by atoms with Crippen LogP contribution in [0.25, 0.3) is 21.5 Å². The minimum atomic E-state index is 1.09. The van der Waals surface area contributed by atoms with Gasteiger partial charge in [0.1, 0.15) is 0 Å². The molecule has 0 unspecified atom stereocenters. The molecule has 1 aromatic carbocycles. The largest absolute Gasteiger partial charge is 0.354 e. The highest BCUT2D eigenvalue weighted by atomic mass is 32.1. The van der Waals surface area contributed by atoms with E-state index in [1.807, 2.05) is 0 Å². The number of aromatic nitrogens is 1. The summed E-state index contributed by atoms with van der Waals surface area (Å²) >= 11 is 1.77. The highest BCUT2D eigenvalue weighted by Gasteiger charge is 2.04. The van der Waals surface area contributed by atoms with Gasteiger partial charge < -0.3 is 4.98 Å². The van der Waals surface area contributed by atoms with Crippen molar-refractivity contribution in [3.05, 3.63) is 47.3 Å². The molecule has 3 rings (SSSR count). The molecule has 3 aromatic rings. The lowest BCUT2D eigenvalue weighted by Crippen LogP contribution is -1.77. The topological polar surface area (TPSA) is 15.8 Å². The molecular formula is C14H13NS. The molecule has 0 bridgehead atoms. The molecule has 1 N–H and O–H groups in total. The molecule has 0 aliphatic heterocycles. The van der Waals surface area contributed by atoms with Gasteiger partial charge in [0, 0.05) is 10.9 Å². The summed E-state index contributed by atoms with van der Waals surface area (Å²) < 4.78 is 0. The Balaban J connectivity index is 2.16. The first-order chi connectivity index (χ1) is 7.86. The number of thiophene rings is 1. The predicted molar refractivity (Wildman–Crippen MR) is 71.0 cm³/mol. The Morgan fingerprint density at radius 3 is 2.88 bits per heavy atom. The van der Waals surface area contributed by atoms with Crippen LogP contribution in [0.15, 0.2) is 41.8 Å². The van der Waals surface area contributed by atoms with Crippen LogP contribution >= 0.6 is 11.3 Å². The molecule has 0 saturated carbocycles. The Morgan fingerprint density at radius 1 is 1.19 bits per heavy atom. The van der Waals surface area contributed by atoms with Gasteiger partial charge in [0.2, 0.25) is 0 Å². The monoisotopic (exact) mass is 227 g/mol. The Morgan fingerprint density at radius 2 is 2.12 bits per heavy atom. The average Bonchev–Trinajstić information content (AvgIpc) is 2.96. The zero-order chi connectivity index (χ0) is 11.0. The molecule has 0 amide bonds. The van der Waals surface area contributed by atoms with Gasteiger partial charge in [-0.1, -0.05) is 19.1 Å². The molecule has 0 fully saturated rings. The third-order valence-electron chi connectivity index (χ3n) is 2.88. The van der Waals surface area contributed by atoms with E-state index in [1.54, 1.807) is 11.3 Å². The summed E-state index contributed by atoms with van der Waals surface area (Å²) in [5.41, 5.74) is 3.84. The zero-order valence-electron chi connectivity index (χ0n) is 9.16. The van der Waals surface area contributed by atoms with Gasteiger partial charge in [0.05, 0.1) is 10.6 Å². The normalized spacial score (nSPS) is 11.1. The number of hydrogen-bond donors (Lipinski definition) is 1. The molecule has 80 valence electrons. The highest BCUT2D eigenvalue weighted by Crippen LogP contribution is 2.28. The summed E-state index contributed by atoms with van der Waals surface area (Å²) in [6.07, 6.45) is 1.09. The SMILES string of the molecule is CCc1ccc2[nH]c(-c3cccs3)cc2c1. The molecule has 0 aliphatic rings. The second-order valence-electron chi connectivity index (χ2n) is 3.94. The van der Waals surface area contributed by atoms with Gasteiger partial charge in [0.15, 0.2) is 0 Å². The van der Waals surface area contributed by atoms with Gasteiger partial charge in [-0.3, -0.25) is 0 Å². The van der Waals surface area contributed by atoms with Gasteiger partial charge in [-0.15, -0.1) is 11.3 Å². The van der Waals surface area contributed by atoms with Gasteiger partial charge in [-0.05, 0) is 41.6 Å². The van der Waals surface area contributed by atoms with E-state index in [0.717, 1.165) is 6.42 Å². The van der Waals surface area contributed by atoms with Gasteiger partial charge in [-0.2, -0.15) is 0 Å². The number of H-pyrrole nitrogens is 1. The fourth-order valence-electron chi connectivity index (χ4n) is 1.97. The number of aromatic amines is 1. The quantitative estimate of drug-likeness (QED) is 0.665.